The molecule has 2 aliphatic heterocycles. The third-order valence-corrected chi connectivity index (χ3v) is 8.50. The fourth-order valence-electron chi connectivity index (χ4n) is 6.80. The average molecular weight is 496 g/mol. The number of rotatable bonds is 4. The molecule has 0 bridgehead atoms. The number of amides is 2. The van der Waals surface area contributed by atoms with Gasteiger partial charge in [-0.05, 0) is 73.2 Å². The third-order valence-electron chi connectivity index (χ3n) is 8.50. The van der Waals surface area contributed by atoms with Crippen molar-refractivity contribution in [1.82, 2.24) is 25.2 Å². The van der Waals surface area contributed by atoms with Crippen LogP contribution in [0.25, 0.3) is 21.8 Å². The van der Waals surface area contributed by atoms with Gasteiger partial charge in [0, 0.05) is 42.7 Å². The van der Waals surface area contributed by atoms with E-state index in [0.717, 1.165) is 48.2 Å². The van der Waals surface area contributed by atoms with Crippen molar-refractivity contribution in [3.8, 4) is 5.75 Å². The fourth-order valence-corrected chi connectivity index (χ4v) is 6.80. The summed E-state index contributed by atoms with van der Waals surface area (Å²) in [4.78, 5) is 30.8. The Balaban J connectivity index is 1.06. The minimum absolute atomic E-state index is 0.0271. The van der Waals surface area contributed by atoms with Crippen molar-refractivity contribution in [1.29, 1.82) is 0 Å². The zero-order chi connectivity index (χ0) is 25.3. The molecular formula is C29H29N5O3. The molecule has 7 rings (SSSR count). The van der Waals surface area contributed by atoms with Crippen LogP contribution in [0.15, 0.2) is 54.6 Å². The van der Waals surface area contributed by atoms with Gasteiger partial charge in [0.25, 0.3) is 11.8 Å². The summed E-state index contributed by atoms with van der Waals surface area (Å²) in [6.45, 7) is 7.02. The van der Waals surface area contributed by atoms with Gasteiger partial charge in [-0.3, -0.25) is 9.59 Å². The topological polar surface area (TPSA) is 91.4 Å². The molecular weight excluding hydrogens is 466 g/mol. The van der Waals surface area contributed by atoms with E-state index < -0.39 is 0 Å². The zero-order valence-electron chi connectivity index (χ0n) is 20.9. The molecule has 0 radical (unpaired) electrons. The Morgan fingerprint density at radius 3 is 2.11 bits per heavy atom. The van der Waals surface area contributed by atoms with Crippen LogP contribution < -0.4 is 4.74 Å². The Kier molecular flexibility index (Phi) is 4.99. The number of carbonyl (C=O) groups is 2. The minimum atomic E-state index is 0.0271. The van der Waals surface area contributed by atoms with Gasteiger partial charge in [-0.2, -0.15) is 15.4 Å². The van der Waals surface area contributed by atoms with Crippen molar-refractivity contribution < 1.29 is 14.3 Å². The maximum atomic E-state index is 13.6. The summed E-state index contributed by atoms with van der Waals surface area (Å²) < 4.78 is 6.07. The first kappa shape index (κ1) is 22.3. The highest BCUT2D eigenvalue weighted by Crippen LogP contribution is 2.54. The zero-order valence-corrected chi connectivity index (χ0v) is 20.9. The van der Waals surface area contributed by atoms with Crippen LogP contribution in [0.3, 0.4) is 0 Å². The second-order valence-corrected chi connectivity index (χ2v) is 11.0. The lowest BCUT2D eigenvalue weighted by atomic mass is 9.60. The quantitative estimate of drug-likeness (QED) is 0.462. The number of likely N-dealkylation sites (tertiary alicyclic amines) is 2. The van der Waals surface area contributed by atoms with Crippen LogP contribution in [-0.4, -0.2) is 69.3 Å². The SMILES string of the molecule is CC(C)Oc1cc(C(=O)N2C[C@@H]3[C@H](C2)[C@H]2CN(C(=O)c4ccc5n[nH]nc5c4)C[C@@H]32)cc2ccccc12. The number of H-pyrrole nitrogens is 1. The molecule has 0 spiro atoms. The Labute approximate surface area is 214 Å². The van der Waals surface area contributed by atoms with Gasteiger partial charge in [0.05, 0.1) is 6.10 Å². The molecule has 8 heteroatoms. The van der Waals surface area contributed by atoms with Gasteiger partial charge in [0.15, 0.2) is 0 Å². The normalized spacial score (nSPS) is 24.4. The lowest BCUT2D eigenvalue weighted by Gasteiger charge is -2.42. The summed E-state index contributed by atoms with van der Waals surface area (Å²) in [5.41, 5.74) is 2.79. The molecule has 0 unspecified atom stereocenters. The number of aromatic nitrogens is 3. The van der Waals surface area contributed by atoms with E-state index in [0.29, 0.717) is 40.3 Å². The Morgan fingerprint density at radius 1 is 0.811 bits per heavy atom. The van der Waals surface area contributed by atoms with E-state index in [9.17, 15) is 9.59 Å². The smallest absolute Gasteiger partial charge is 0.254 e. The van der Waals surface area contributed by atoms with Gasteiger partial charge in [-0.15, -0.1) is 0 Å². The standard InChI is InChI=1S/C29H29N5O3/c1-16(2)37-27-11-19(9-17-5-3-4-6-20(17)27)29(36)34-14-23-21-12-33(13-22(21)24(23)15-34)28(35)18-7-8-25-26(10-18)31-32-30-25/h3-11,16,21-24H,12-15H2,1-2H3,(H,30,31,32)/t21-,22+,23+,24-. The van der Waals surface area contributed by atoms with Crippen LogP contribution in [0, 0.1) is 23.7 Å². The third kappa shape index (κ3) is 3.57. The first-order valence-electron chi connectivity index (χ1n) is 13.0. The van der Waals surface area contributed by atoms with E-state index in [1.807, 2.05) is 78.2 Å². The Bertz CT molecular complexity index is 1530. The van der Waals surface area contributed by atoms with Crippen LogP contribution in [0.1, 0.15) is 34.6 Å². The molecule has 188 valence electrons. The maximum Gasteiger partial charge on any atom is 0.254 e. The second-order valence-electron chi connectivity index (χ2n) is 11.0. The maximum absolute atomic E-state index is 13.6. The van der Waals surface area contributed by atoms with E-state index in [1.165, 1.54) is 0 Å². The Hall–Kier alpha value is -3.94. The molecule has 1 aromatic heterocycles. The largest absolute Gasteiger partial charge is 0.490 e. The number of carbonyl (C=O) groups excluding carboxylic acids is 2. The Morgan fingerprint density at radius 2 is 1.43 bits per heavy atom. The van der Waals surface area contributed by atoms with E-state index in [4.69, 9.17) is 4.74 Å². The summed E-state index contributed by atoms with van der Waals surface area (Å²) in [5, 5.41) is 12.8. The highest BCUT2D eigenvalue weighted by Gasteiger charge is 2.59. The number of ether oxygens (including phenoxy) is 1. The summed E-state index contributed by atoms with van der Waals surface area (Å²) in [6, 6.07) is 17.4. The molecule has 1 aliphatic carbocycles. The molecule has 4 atom stereocenters. The van der Waals surface area contributed by atoms with Gasteiger partial charge < -0.3 is 14.5 Å². The monoisotopic (exact) mass is 495 g/mol. The number of fused-ring (bicyclic) bond motifs is 6. The highest BCUT2D eigenvalue weighted by atomic mass is 16.5. The number of nitrogens with one attached hydrogen (secondary N) is 1. The molecule has 1 saturated carbocycles. The molecule has 37 heavy (non-hydrogen) atoms. The van der Waals surface area contributed by atoms with Gasteiger partial charge in [0.2, 0.25) is 0 Å². The van der Waals surface area contributed by atoms with Gasteiger partial charge >= 0.3 is 0 Å². The molecule has 2 amide bonds. The van der Waals surface area contributed by atoms with Crippen LogP contribution in [0.4, 0.5) is 0 Å². The summed E-state index contributed by atoms with van der Waals surface area (Å²) in [6.07, 6.45) is 0.0271. The molecule has 3 aliphatic rings. The van der Waals surface area contributed by atoms with E-state index in [-0.39, 0.29) is 17.9 Å². The van der Waals surface area contributed by atoms with Crippen molar-refractivity contribution in [3.63, 3.8) is 0 Å². The lowest BCUT2D eigenvalue weighted by Crippen LogP contribution is -2.44. The molecule has 2 saturated heterocycles. The molecule has 3 aromatic carbocycles. The molecule has 1 N–H and O–H groups in total. The molecule has 8 nitrogen and oxygen atoms in total. The number of aromatic amines is 1. The summed E-state index contributed by atoms with van der Waals surface area (Å²) in [5.74, 6) is 2.71. The van der Waals surface area contributed by atoms with Crippen molar-refractivity contribution in [2.45, 2.75) is 20.0 Å². The predicted molar refractivity (Wildman–Crippen MR) is 139 cm³/mol. The number of hydrogen-bond donors (Lipinski definition) is 1. The molecule has 3 heterocycles. The summed E-state index contributed by atoms with van der Waals surface area (Å²) >= 11 is 0. The van der Waals surface area contributed by atoms with Crippen LogP contribution in [-0.2, 0) is 0 Å². The number of nitrogens with zero attached hydrogens (tertiary/aromatic N) is 4. The number of benzene rings is 3. The average Bonchev–Trinajstić information content (AvgIpc) is 3.61. The van der Waals surface area contributed by atoms with Crippen LogP contribution in [0.2, 0.25) is 0 Å². The fraction of sp³-hybridized carbons (Fsp3) is 0.379. The van der Waals surface area contributed by atoms with Gasteiger partial charge in [-0.1, -0.05) is 24.3 Å². The first-order chi connectivity index (χ1) is 18.0. The molecule has 3 fully saturated rings. The minimum Gasteiger partial charge on any atom is -0.490 e. The van der Waals surface area contributed by atoms with Gasteiger partial charge in [-0.25, -0.2) is 0 Å². The van der Waals surface area contributed by atoms with Gasteiger partial charge in [0.1, 0.15) is 16.8 Å². The van der Waals surface area contributed by atoms with Crippen molar-refractivity contribution in [3.05, 3.63) is 65.7 Å². The second kappa shape index (κ2) is 8.30. The lowest BCUT2D eigenvalue weighted by molar-refractivity contribution is 0.0629. The number of hydrogen-bond acceptors (Lipinski definition) is 5. The first-order valence-corrected chi connectivity index (χ1v) is 13.0. The predicted octanol–water partition coefficient (Wildman–Crippen LogP) is 3.99. The van der Waals surface area contributed by atoms with E-state index in [1.54, 1.807) is 0 Å². The summed E-state index contributed by atoms with van der Waals surface area (Å²) in [7, 11) is 0. The van der Waals surface area contributed by atoms with Crippen molar-refractivity contribution in [2.75, 3.05) is 26.2 Å². The van der Waals surface area contributed by atoms with E-state index >= 15 is 0 Å². The van der Waals surface area contributed by atoms with Crippen LogP contribution in [0.5, 0.6) is 5.75 Å². The molecule has 4 aromatic rings. The van der Waals surface area contributed by atoms with Crippen LogP contribution >= 0.6 is 0 Å². The van der Waals surface area contributed by atoms with E-state index in [2.05, 4.69) is 15.4 Å². The van der Waals surface area contributed by atoms with Crippen molar-refractivity contribution >= 4 is 33.6 Å². The highest BCUT2D eigenvalue weighted by molar-refractivity contribution is 6.01. The van der Waals surface area contributed by atoms with Crippen molar-refractivity contribution in [2.24, 2.45) is 23.7 Å².